The van der Waals surface area contributed by atoms with Gasteiger partial charge in [0.05, 0.1) is 17.1 Å². The van der Waals surface area contributed by atoms with E-state index in [0.29, 0.717) is 12.5 Å². The van der Waals surface area contributed by atoms with Gasteiger partial charge in [-0.25, -0.2) is 13.4 Å². The number of rotatable bonds is 7. The number of nitrogens with zero attached hydrogens (tertiary/aromatic N) is 3. The van der Waals surface area contributed by atoms with Crippen LogP contribution in [0.1, 0.15) is 44.9 Å². The van der Waals surface area contributed by atoms with Crippen molar-refractivity contribution in [1.29, 1.82) is 0 Å². The molecule has 1 unspecified atom stereocenters. The van der Waals surface area contributed by atoms with Crippen LogP contribution in [0.15, 0.2) is 41.7 Å². The predicted octanol–water partition coefficient (Wildman–Crippen LogP) is 3.54. The van der Waals surface area contributed by atoms with Gasteiger partial charge in [0.2, 0.25) is 15.0 Å². The van der Waals surface area contributed by atoms with E-state index in [1.165, 1.54) is 18.4 Å². The molecule has 1 fully saturated rings. The second-order valence-corrected chi connectivity index (χ2v) is 10.4. The molecule has 0 spiro atoms. The normalized spacial score (nSPS) is 18.9. The van der Waals surface area contributed by atoms with Crippen molar-refractivity contribution in [2.75, 3.05) is 13.1 Å². The number of benzene rings is 1. The second-order valence-electron chi connectivity index (χ2n) is 8.00. The van der Waals surface area contributed by atoms with E-state index >= 15 is 0 Å². The first-order chi connectivity index (χ1) is 12.9. The zero-order valence-electron chi connectivity index (χ0n) is 16.6. The molecular formula is C21H31N3O2S. The van der Waals surface area contributed by atoms with Gasteiger partial charge in [0.15, 0.2) is 0 Å². The third-order valence-corrected chi connectivity index (χ3v) is 7.45. The zero-order valence-corrected chi connectivity index (χ0v) is 17.5. The molecule has 1 atom stereocenters. The Hall–Kier alpha value is -1.66. The van der Waals surface area contributed by atoms with Crippen LogP contribution in [-0.2, 0) is 29.3 Å². The first-order valence-electron chi connectivity index (χ1n) is 9.92. The Morgan fingerprint density at radius 2 is 1.96 bits per heavy atom. The fourth-order valence-corrected chi connectivity index (χ4v) is 4.88. The highest BCUT2D eigenvalue weighted by Crippen LogP contribution is 2.22. The van der Waals surface area contributed by atoms with Crippen LogP contribution < -0.4 is 0 Å². The summed E-state index contributed by atoms with van der Waals surface area (Å²) in [5.41, 5.74) is 2.20. The van der Waals surface area contributed by atoms with E-state index in [2.05, 4.69) is 28.9 Å². The van der Waals surface area contributed by atoms with Gasteiger partial charge in [-0.1, -0.05) is 37.3 Å². The van der Waals surface area contributed by atoms with Gasteiger partial charge in [0.1, 0.15) is 0 Å². The smallest absolute Gasteiger partial charge is 0.228 e. The van der Waals surface area contributed by atoms with Crippen molar-refractivity contribution < 1.29 is 8.42 Å². The topological polar surface area (TPSA) is 55.2 Å². The standard InChI is InChI=1S/C21H31N3O2S/c1-17(2)27(25,26)21-22-14-20(16-23-12-7-8-18(3)15-23)24(21)13-11-19-9-5-4-6-10-19/h4-6,9-10,14,17-18H,7-8,11-13,15-16H2,1-3H3. The molecule has 0 N–H and O–H groups in total. The average molecular weight is 390 g/mol. The fourth-order valence-electron chi connectivity index (χ4n) is 3.74. The summed E-state index contributed by atoms with van der Waals surface area (Å²) in [4.78, 5) is 6.78. The molecule has 2 aromatic rings. The summed E-state index contributed by atoms with van der Waals surface area (Å²) < 4.78 is 27.6. The summed E-state index contributed by atoms with van der Waals surface area (Å²) in [6.07, 6.45) is 5.04. The van der Waals surface area contributed by atoms with Crippen molar-refractivity contribution in [3.8, 4) is 0 Å². The van der Waals surface area contributed by atoms with E-state index in [9.17, 15) is 8.42 Å². The van der Waals surface area contributed by atoms with Gasteiger partial charge in [-0.3, -0.25) is 4.90 Å². The minimum absolute atomic E-state index is 0.216. The average Bonchev–Trinajstić information content (AvgIpc) is 3.04. The van der Waals surface area contributed by atoms with Crippen molar-refractivity contribution >= 4 is 9.84 Å². The zero-order chi connectivity index (χ0) is 19.4. The molecule has 0 bridgehead atoms. The van der Waals surface area contributed by atoms with E-state index in [1.807, 2.05) is 22.8 Å². The van der Waals surface area contributed by atoms with Crippen LogP contribution in [0, 0.1) is 5.92 Å². The molecule has 1 saturated heterocycles. The summed E-state index contributed by atoms with van der Waals surface area (Å²) in [6.45, 7) is 9.25. The van der Waals surface area contributed by atoms with Gasteiger partial charge in [0.25, 0.3) is 0 Å². The van der Waals surface area contributed by atoms with Crippen molar-refractivity contribution in [1.82, 2.24) is 14.5 Å². The molecule has 6 heteroatoms. The van der Waals surface area contributed by atoms with Crippen LogP contribution >= 0.6 is 0 Å². The molecule has 0 amide bonds. The highest BCUT2D eigenvalue weighted by molar-refractivity contribution is 7.91. The Balaban J connectivity index is 1.87. The lowest BCUT2D eigenvalue weighted by Crippen LogP contribution is -2.34. The van der Waals surface area contributed by atoms with E-state index in [4.69, 9.17) is 0 Å². The maximum Gasteiger partial charge on any atom is 0.228 e. The summed E-state index contributed by atoms with van der Waals surface area (Å²) in [7, 11) is -3.41. The van der Waals surface area contributed by atoms with Crippen LogP contribution in [0.5, 0.6) is 0 Å². The maximum atomic E-state index is 12.8. The number of sulfone groups is 1. The Kier molecular flexibility index (Phi) is 6.37. The third kappa shape index (κ3) is 4.79. The maximum absolute atomic E-state index is 12.8. The SMILES string of the molecule is CC1CCCN(Cc2cnc(S(=O)(=O)C(C)C)n2CCc2ccccc2)C1. The molecule has 148 valence electrons. The van der Waals surface area contributed by atoms with E-state index in [-0.39, 0.29) is 5.16 Å². The number of imidazole rings is 1. The molecule has 27 heavy (non-hydrogen) atoms. The van der Waals surface area contributed by atoms with E-state index < -0.39 is 15.1 Å². The van der Waals surface area contributed by atoms with Gasteiger partial charge in [-0.05, 0) is 51.1 Å². The van der Waals surface area contributed by atoms with E-state index in [1.54, 1.807) is 20.0 Å². The summed E-state index contributed by atoms with van der Waals surface area (Å²) in [6, 6.07) is 10.2. The Labute approximate surface area is 163 Å². The molecule has 5 nitrogen and oxygen atoms in total. The quantitative estimate of drug-likeness (QED) is 0.727. The molecule has 0 radical (unpaired) electrons. The molecule has 0 aliphatic carbocycles. The van der Waals surface area contributed by atoms with Crippen molar-refractivity contribution in [2.24, 2.45) is 5.92 Å². The van der Waals surface area contributed by atoms with Gasteiger partial charge >= 0.3 is 0 Å². The minimum Gasteiger partial charge on any atom is -0.317 e. The van der Waals surface area contributed by atoms with Crippen LogP contribution in [0.3, 0.4) is 0 Å². The van der Waals surface area contributed by atoms with Crippen LogP contribution in [0.2, 0.25) is 0 Å². The Bertz CT molecular complexity index is 844. The molecule has 0 saturated carbocycles. The number of likely N-dealkylation sites (tertiary alicyclic amines) is 1. The second kappa shape index (κ2) is 8.57. The third-order valence-electron chi connectivity index (χ3n) is 5.37. The number of aryl methyl sites for hydroxylation is 1. The number of aromatic nitrogens is 2. The molecule has 1 aromatic carbocycles. The lowest BCUT2D eigenvalue weighted by atomic mass is 10.0. The number of hydrogen-bond acceptors (Lipinski definition) is 4. The van der Waals surface area contributed by atoms with Crippen LogP contribution in [-0.4, -0.2) is 41.2 Å². The van der Waals surface area contributed by atoms with Crippen LogP contribution in [0.4, 0.5) is 0 Å². The lowest BCUT2D eigenvalue weighted by molar-refractivity contribution is 0.172. The van der Waals surface area contributed by atoms with Gasteiger partial charge in [0, 0.05) is 19.6 Å². The lowest BCUT2D eigenvalue weighted by Gasteiger charge is -2.31. The first kappa shape index (κ1) is 20.1. The van der Waals surface area contributed by atoms with Crippen molar-refractivity contribution in [2.45, 2.75) is 63.5 Å². The summed E-state index contributed by atoms with van der Waals surface area (Å²) in [5, 5.41) is -0.258. The number of hydrogen-bond donors (Lipinski definition) is 0. The van der Waals surface area contributed by atoms with E-state index in [0.717, 1.165) is 31.7 Å². The van der Waals surface area contributed by atoms with Crippen molar-refractivity contribution in [3.05, 3.63) is 47.8 Å². The minimum atomic E-state index is -3.41. The summed E-state index contributed by atoms with van der Waals surface area (Å²) in [5.74, 6) is 0.693. The summed E-state index contributed by atoms with van der Waals surface area (Å²) >= 11 is 0. The fraction of sp³-hybridized carbons (Fsp3) is 0.571. The Morgan fingerprint density at radius 1 is 1.22 bits per heavy atom. The largest absolute Gasteiger partial charge is 0.317 e. The first-order valence-corrected chi connectivity index (χ1v) is 11.5. The molecule has 1 aromatic heterocycles. The molecule has 1 aliphatic heterocycles. The van der Waals surface area contributed by atoms with Crippen molar-refractivity contribution in [3.63, 3.8) is 0 Å². The number of piperidine rings is 1. The van der Waals surface area contributed by atoms with Gasteiger partial charge in [-0.2, -0.15) is 0 Å². The molecule has 3 rings (SSSR count). The predicted molar refractivity (Wildman–Crippen MR) is 108 cm³/mol. The van der Waals surface area contributed by atoms with Gasteiger partial charge in [-0.15, -0.1) is 0 Å². The molecular weight excluding hydrogens is 358 g/mol. The van der Waals surface area contributed by atoms with Crippen LogP contribution in [0.25, 0.3) is 0 Å². The Morgan fingerprint density at radius 3 is 2.63 bits per heavy atom. The van der Waals surface area contributed by atoms with Gasteiger partial charge < -0.3 is 4.57 Å². The molecule has 2 heterocycles. The highest BCUT2D eigenvalue weighted by atomic mass is 32.2. The monoisotopic (exact) mass is 389 g/mol. The molecule has 1 aliphatic rings. The highest BCUT2D eigenvalue weighted by Gasteiger charge is 2.27.